The third-order valence-electron chi connectivity index (χ3n) is 6.32. The van der Waals surface area contributed by atoms with Crippen molar-refractivity contribution in [2.75, 3.05) is 0 Å². The summed E-state index contributed by atoms with van der Waals surface area (Å²) in [5.74, 6) is 0.421. The Hall–Kier alpha value is -0.511. The van der Waals surface area contributed by atoms with Crippen LogP contribution in [0.1, 0.15) is 77.7 Å². The van der Waals surface area contributed by atoms with Gasteiger partial charge in [-0.05, 0) is 0 Å². The number of carbonyl (C=O) groups excluding carboxylic acids is 1. The van der Waals surface area contributed by atoms with Crippen molar-refractivity contribution < 1.29 is 4.79 Å². The first-order chi connectivity index (χ1) is 12.7. The number of likely N-dealkylation sites (tertiary alicyclic amines) is 1. The second-order valence-corrected chi connectivity index (χ2v) is 22.2. The molecule has 0 spiro atoms. The average Bonchev–Trinajstić information content (AvgIpc) is 3.03. The molecule has 1 saturated heterocycles. The van der Waals surface area contributed by atoms with Crippen molar-refractivity contribution >= 4 is 24.3 Å². The summed E-state index contributed by atoms with van der Waals surface area (Å²) in [6.07, 6.45) is 10.00. The van der Waals surface area contributed by atoms with Crippen LogP contribution in [0.2, 0.25) is 13.3 Å². The SMILES string of the molecule is CCC[CH2][Sn]([CH2]CCC)([CH2]CCC)[CH]1CCC(=O)N1Cc1ccccc1. The molecular formula is C23H39NOSn. The molecule has 146 valence electrons. The predicted octanol–water partition coefficient (Wildman–Crippen LogP) is 6.57. The van der Waals surface area contributed by atoms with Gasteiger partial charge in [-0.2, -0.15) is 0 Å². The quantitative estimate of drug-likeness (QED) is 0.321. The van der Waals surface area contributed by atoms with Gasteiger partial charge in [-0.15, -0.1) is 0 Å². The Kier molecular flexibility index (Phi) is 9.52. The van der Waals surface area contributed by atoms with E-state index in [2.05, 4.69) is 56.0 Å². The van der Waals surface area contributed by atoms with Gasteiger partial charge < -0.3 is 0 Å². The summed E-state index contributed by atoms with van der Waals surface area (Å²) in [7, 11) is 0. The second-order valence-electron chi connectivity index (χ2n) is 8.23. The molecule has 1 aromatic carbocycles. The van der Waals surface area contributed by atoms with Crippen LogP contribution < -0.4 is 0 Å². The van der Waals surface area contributed by atoms with Gasteiger partial charge in [-0.25, -0.2) is 0 Å². The third-order valence-corrected chi connectivity index (χ3v) is 23.6. The summed E-state index contributed by atoms with van der Waals surface area (Å²) in [6, 6.07) is 10.6. The van der Waals surface area contributed by atoms with Crippen molar-refractivity contribution in [2.45, 2.75) is 96.1 Å². The molecule has 1 aliphatic rings. The van der Waals surface area contributed by atoms with Crippen molar-refractivity contribution in [3.05, 3.63) is 35.9 Å². The van der Waals surface area contributed by atoms with Crippen LogP contribution in [0.4, 0.5) is 0 Å². The average molecular weight is 464 g/mol. The molecule has 2 nitrogen and oxygen atoms in total. The molecule has 3 heteroatoms. The van der Waals surface area contributed by atoms with Crippen LogP contribution in [0.25, 0.3) is 0 Å². The first-order valence-corrected chi connectivity index (χ1v) is 18.7. The van der Waals surface area contributed by atoms with Gasteiger partial charge in [0.25, 0.3) is 0 Å². The molecule has 1 amide bonds. The number of rotatable bonds is 12. The maximum atomic E-state index is 12.8. The van der Waals surface area contributed by atoms with Gasteiger partial charge in [0.05, 0.1) is 0 Å². The van der Waals surface area contributed by atoms with Crippen molar-refractivity contribution in [3.63, 3.8) is 0 Å². The van der Waals surface area contributed by atoms with Gasteiger partial charge in [0.1, 0.15) is 0 Å². The van der Waals surface area contributed by atoms with Crippen LogP contribution in [0.3, 0.4) is 0 Å². The molecule has 1 aliphatic heterocycles. The first kappa shape index (κ1) is 21.8. The number of hydrogen-bond acceptors (Lipinski definition) is 1. The normalized spacial score (nSPS) is 17.9. The van der Waals surface area contributed by atoms with E-state index in [0.29, 0.717) is 9.96 Å². The van der Waals surface area contributed by atoms with E-state index >= 15 is 0 Å². The zero-order chi connectivity index (χ0) is 18.8. The molecule has 0 aliphatic carbocycles. The van der Waals surface area contributed by atoms with E-state index in [1.54, 1.807) is 0 Å². The van der Waals surface area contributed by atoms with Crippen LogP contribution >= 0.6 is 0 Å². The van der Waals surface area contributed by atoms with Crippen LogP contribution in [-0.2, 0) is 11.3 Å². The van der Waals surface area contributed by atoms with E-state index in [0.717, 1.165) is 19.4 Å². The topological polar surface area (TPSA) is 20.3 Å². The number of carbonyl (C=O) groups is 1. The van der Waals surface area contributed by atoms with E-state index in [4.69, 9.17) is 0 Å². The number of unbranched alkanes of at least 4 members (excludes halogenated alkanes) is 3. The predicted molar refractivity (Wildman–Crippen MR) is 115 cm³/mol. The van der Waals surface area contributed by atoms with E-state index in [-0.39, 0.29) is 0 Å². The van der Waals surface area contributed by atoms with Crippen molar-refractivity contribution in [1.29, 1.82) is 0 Å². The van der Waals surface area contributed by atoms with Crippen LogP contribution in [-0.4, -0.2) is 33.2 Å². The summed E-state index contributed by atoms with van der Waals surface area (Å²) < 4.78 is 5.12. The molecule has 1 fully saturated rings. The standard InChI is InChI=1S/C11H12NO.3C4H9.Sn/c13-11-7-4-8-12(11)9-10-5-2-1-3-6-10;3*1-3-4-2;/h1-3,5-6,8H,4,7,9H2;3*1,3-4H2,2H3;. The Bertz CT molecular complexity index is 508. The molecule has 1 unspecified atom stereocenters. The molecule has 0 bridgehead atoms. The minimum atomic E-state index is -2.40. The molecule has 0 radical (unpaired) electrons. The molecule has 2 rings (SSSR count). The summed E-state index contributed by atoms with van der Waals surface area (Å²) in [6.45, 7) is 7.83. The summed E-state index contributed by atoms with van der Waals surface area (Å²) in [4.78, 5) is 15.2. The maximum absolute atomic E-state index is 12.8. The van der Waals surface area contributed by atoms with Gasteiger partial charge >= 0.3 is 166 Å². The molecule has 0 saturated carbocycles. The summed E-state index contributed by atoms with van der Waals surface area (Å²) >= 11 is -2.40. The Morgan fingerprint density at radius 2 is 1.46 bits per heavy atom. The minimum absolute atomic E-state index is 0.421. The third kappa shape index (κ3) is 5.74. The Balaban J connectivity index is 2.27. The fourth-order valence-corrected chi connectivity index (χ4v) is 23.6. The number of hydrogen-bond donors (Lipinski definition) is 0. The van der Waals surface area contributed by atoms with E-state index in [9.17, 15) is 4.79 Å². The zero-order valence-corrected chi connectivity index (χ0v) is 20.2. The number of nitrogens with zero attached hydrogens (tertiary/aromatic N) is 1. The van der Waals surface area contributed by atoms with Gasteiger partial charge in [0.15, 0.2) is 0 Å². The number of amides is 1. The summed E-state index contributed by atoms with van der Waals surface area (Å²) in [5.41, 5.74) is 1.30. The Morgan fingerprint density at radius 1 is 0.923 bits per heavy atom. The molecule has 1 aromatic rings. The monoisotopic (exact) mass is 465 g/mol. The van der Waals surface area contributed by atoms with E-state index in [1.807, 2.05) is 0 Å². The molecule has 1 heterocycles. The van der Waals surface area contributed by atoms with Crippen molar-refractivity contribution in [3.8, 4) is 0 Å². The van der Waals surface area contributed by atoms with Crippen LogP contribution in [0, 0.1) is 0 Å². The van der Waals surface area contributed by atoms with Crippen molar-refractivity contribution in [1.82, 2.24) is 4.90 Å². The number of benzene rings is 1. The van der Waals surface area contributed by atoms with E-state index in [1.165, 1.54) is 57.4 Å². The zero-order valence-electron chi connectivity index (χ0n) is 17.3. The summed E-state index contributed by atoms with van der Waals surface area (Å²) in [5, 5.41) is 0. The van der Waals surface area contributed by atoms with Crippen LogP contribution in [0.5, 0.6) is 0 Å². The Labute approximate surface area is 165 Å². The fraction of sp³-hybridized carbons (Fsp3) is 0.696. The van der Waals surface area contributed by atoms with E-state index < -0.39 is 18.4 Å². The van der Waals surface area contributed by atoms with Gasteiger partial charge in [0, 0.05) is 0 Å². The first-order valence-electron chi connectivity index (χ1n) is 11.0. The van der Waals surface area contributed by atoms with Gasteiger partial charge in [-0.1, -0.05) is 0 Å². The molecule has 1 atom stereocenters. The molecule has 0 aromatic heterocycles. The molecule has 0 N–H and O–H groups in total. The fourth-order valence-electron chi connectivity index (χ4n) is 4.81. The Morgan fingerprint density at radius 3 is 1.96 bits per heavy atom. The van der Waals surface area contributed by atoms with Crippen LogP contribution in [0.15, 0.2) is 30.3 Å². The van der Waals surface area contributed by atoms with Gasteiger partial charge in [0.2, 0.25) is 0 Å². The van der Waals surface area contributed by atoms with Crippen molar-refractivity contribution in [2.24, 2.45) is 0 Å². The van der Waals surface area contributed by atoms with Gasteiger partial charge in [-0.3, -0.25) is 0 Å². The molecule has 26 heavy (non-hydrogen) atoms. The molecular weight excluding hydrogens is 425 g/mol. The second kappa shape index (κ2) is 11.4.